The van der Waals surface area contributed by atoms with E-state index >= 15 is 0 Å². The maximum atomic E-state index is 13.3. The van der Waals surface area contributed by atoms with Crippen LogP contribution in [0.1, 0.15) is 18.9 Å². The number of nitrogens with zero attached hydrogens (tertiary/aromatic N) is 1. The molecular formula is C21H20FN3O5. The SMILES string of the molecule is CCC1(c2ccc(F)cc2)NC(=O)N(CC(=O)Nc2ccc3c(c2)OCCO3)C1=O. The van der Waals surface area contributed by atoms with Gasteiger partial charge < -0.3 is 20.1 Å². The van der Waals surface area contributed by atoms with Gasteiger partial charge in [-0.15, -0.1) is 0 Å². The number of carbonyl (C=O) groups is 3. The first-order chi connectivity index (χ1) is 14.4. The lowest BCUT2D eigenvalue weighted by Gasteiger charge is -2.25. The van der Waals surface area contributed by atoms with E-state index in [0.717, 1.165) is 4.90 Å². The maximum Gasteiger partial charge on any atom is 0.325 e. The molecule has 0 bridgehead atoms. The van der Waals surface area contributed by atoms with Crippen LogP contribution in [0.4, 0.5) is 14.9 Å². The van der Waals surface area contributed by atoms with Gasteiger partial charge in [0.2, 0.25) is 5.91 Å². The van der Waals surface area contributed by atoms with E-state index in [0.29, 0.717) is 36.0 Å². The molecule has 2 N–H and O–H groups in total. The van der Waals surface area contributed by atoms with Crippen LogP contribution >= 0.6 is 0 Å². The second-order valence-corrected chi connectivity index (χ2v) is 6.99. The van der Waals surface area contributed by atoms with Crippen LogP contribution in [0.2, 0.25) is 0 Å². The topological polar surface area (TPSA) is 97.0 Å². The number of benzene rings is 2. The van der Waals surface area contributed by atoms with Gasteiger partial charge in [0.15, 0.2) is 11.5 Å². The van der Waals surface area contributed by atoms with Crippen LogP contribution in [0.15, 0.2) is 42.5 Å². The summed E-state index contributed by atoms with van der Waals surface area (Å²) >= 11 is 0. The van der Waals surface area contributed by atoms with Gasteiger partial charge in [-0.1, -0.05) is 19.1 Å². The molecule has 1 atom stereocenters. The second kappa shape index (κ2) is 7.66. The van der Waals surface area contributed by atoms with E-state index in [1.807, 2.05) is 0 Å². The summed E-state index contributed by atoms with van der Waals surface area (Å²) in [6, 6.07) is 9.62. The fraction of sp³-hybridized carbons (Fsp3) is 0.286. The van der Waals surface area contributed by atoms with Crippen LogP contribution in [-0.2, 0) is 15.1 Å². The number of anilines is 1. The summed E-state index contributed by atoms with van der Waals surface area (Å²) in [5.74, 6) is -0.451. The zero-order valence-corrected chi connectivity index (χ0v) is 16.2. The zero-order valence-electron chi connectivity index (χ0n) is 16.2. The van der Waals surface area contributed by atoms with Crippen molar-refractivity contribution in [1.82, 2.24) is 10.2 Å². The Balaban J connectivity index is 1.49. The predicted molar refractivity (Wildman–Crippen MR) is 105 cm³/mol. The van der Waals surface area contributed by atoms with E-state index in [9.17, 15) is 18.8 Å². The van der Waals surface area contributed by atoms with Gasteiger partial charge >= 0.3 is 6.03 Å². The van der Waals surface area contributed by atoms with Crippen molar-refractivity contribution in [2.75, 3.05) is 25.1 Å². The largest absolute Gasteiger partial charge is 0.486 e. The maximum absolute atomic E-state index is 13.3. The highest BCUT2D eigenvalue weighted by molar-refractivity contribution is 6.10. The van der Waals surface area contributed by atoms with Crippen molar-refractivity contribution in [2.45, 2.75) is 18.9 Å². The molecule has 9 heteroatoms. The van der Waals surface area contributed by atoms with E-state index in [4.69, 9.17) is 9.47 Å². The minimum atomic E-state index is -1.33. The molecule has 1 saturated heterocycles. The molecule has 0 aliphatic carbocycles. The Morgan fingerprint density at radius 2 is 1.83 bits per heavy atom. The van der Waals surface area contributed by atoms with Crippen molar-refractivity contribution in [3.8, 4) is 11.5 Å². The smallest absolute Gasteiger partial charge is 0.325 e. The predicted octanol–water partition coefficient (Wildman–Crippen LogP) is 2.39. The molecule has 4 rings (SSSR count). The van der Waals surface area contributed by atoms with Gasteiger partial charge in [-0.2, -0.15) is 0 Å². The summed E-state index contributed by atoms with van der Waals surface area (Å²) in [5.41, 5.74) is -0.418. The number of imide groups is 1. The second-order valence-electron chi connectivity index (χ2n) is 6.99. The molecule has 2 aromatic carbocycles. The molecule has 2 aliphatic rings. The average Bonchev–Trinajstić information content (AvgIpc) is 2.99. The van der Waals surface area contributed by atoms with Crippen molar-refractivity contribution in [1.29, 1.82) is 0 Å². The lowest BCUT2D eigenvalue weighted by Crippen LogP contribution is -2.44. The molecule has 0 radical (unpaired) electrons. The lowest BCUT2D eigenvalue weighted by atomic mass is 9.87. The Bertz CT molecular complexity index is 1010. The first-order valence-electron chi connectivity index (χ1n) is 9.52. The molecule has 4 amide bonds. The monoisotopic (exact) mass is 413 g/mol. The van der Waals surface area contributed by atoms with Gasteiger partial charge in [-0.05, 0) is 36.2 Å². The number of halogens is 1. The quantitative estimate of drug-likeness (QED) is 0.734. The minimum Gasteiger partial charge on any atom is -0.486 e. The molecule has 1 fully saturated rings. The van der Waals surface area contributed by atoms with Crippen LogP contribution in [0.25, 0.3) is 0 Å². The van der Waals surface area contributed by atoms with E-state index in [1.54, 1.807) is 25.1 Å². The fourth-order valence-corrected chi connectivity index (χ4v) is 3.61. The Hall–Kier alpha value is -3.62. The minimum absolute atomic E-state index is 0.253. The van der Waals surface area contributed by atoms with Gasteiger partial charge in [0.1, 0.15) is 31.1 Å². The van der Waals surface area contributed by atoms with Crippen molar-refractivity contribution in [3.63, 3.8) is 0 Å². The van der Waals surface area contributed by atoms with Crippen LogP contribution in [-0.4, -0.2) is 42.5 Å². The summed E-state index contributed by atoms with van der Waals surface area (Å²) in [5, 5.41) is 5.32. The molecule has 1 unspecified atom stereocenters. The van der Waals surface area contributed by atoms with Gasteiger partial charge in [0.25, 0.3) is 5.91 Å². The Kier molecular flexibility index (Phi) is 5.03. The number of hydrogen-bond donors (Lipinski definition) is 2. The van der Waals surface area contributed by atoms with Crippen LogP contribution in [0, 0.1) is 5.82 Å². The van der Waals surface area contributed by atoms with E-state index in [1.165, 1.54) is 24.3 Å². The average molecular weight is 413 g/mol. The van der Waals surface area contributed by atoms with Crippen molar-refractivity contribution >= 4 is 23.5 Å². The van der Waals surface area contributed by atoms with Gasteiger partial charge in [0, 0.05) is 11.8 Å². The van der Waals surface area contributed by atoms with Crippen molar-refractivity contribution in [2.24, 2.45) is 0 Å². The highest BCUT2D eigenvalue weighted by Gasteiger charge is 2.51. The highest BCUT2D eigenvalue weighted by atomic mass is 19.1. The van der Waals surface area contributed by atoms with E-state index in [2.05, 4.69) is 10.6 Å². The van der Waals surface area contributed by atoms with Crippen LogP contribution in [0.3, 0.4) is 0 Å². The van der Waals surface area contributed by atoms with E-state index < -0.39 is 35.7 Å². The third-order valence-electron chi connectivity index (χ3n) is 5.17. The number of nitrogens with one attached hydrogen (secondary N) is 2. The van der Waals surface area contributed by atoms with Crippen molar-refractivity contribution in [3.05, 3.63) is 53.8 Å². The third kappa shape index (κ3) is 3.42. The number of ether oxygens (including phenoxy) is 2. The van der Waals surface area contributed by atoms with E-state index in [-0.39, 0.29) is 6.42 Å². The first kappa shape index (κ1) is 19.7. The summed E-state index contributed by atoms with van der Waals surface area (Å²) < 4.78 is 24.2. The number of rotatable bonds is 5. The molecule has 0 spiro atoms. The molecule has 2 heterocycles. The summed E-state index contributed by atoms with van der Waals surface area (Å²) in [4.78, 5) is 38.9. The third-order valence-corrected chi connectivity index (χ3v) is 5.17. The fourth-order valence-electron chi connectivity index (χ4n) is 3.61. The standard InChI is InChI=1S/C21H20FN3O5/c1-2-21(13-3-5-14(22)6-4-13)19(27)25(20(28)24-21)12-18(26)23-15-7-8-16-17(11-15)30-10-9-29-16/h3-8,11H,2,9-10,12H2,1H3,(H,23,26)(H,24,28). The van der Waals surface area contributed by atoms with Gasteiger partial charge in [0.05, 0.1) is 0 Å². The first-order valence-corrected chi connectivity index (χ1v) is 9.52. The summed E-state index contributed by atoms with van der Waals surface area (Å²) in [7, 11) is 0. The summed E-state index contributed by atoms with van der Waals surface area (Å²) in [6.45, 7) is 2.15. The number of hydrogen-bond acceptors (Lipinski definition) is 5. The highest BCUT2D eigenvalue weighted by Crippen LogP contribution is 2.34. The number of amides is 4. The zero-order chi connectivity index (χ0) is 21.3. The van der Waals surface area contributed by atoms with Crippen molar-refractivity contribution < 1.29 is 28.2 Å². The molecule has 156 valence electrons. The Morgan fingerprint density at radius 1 is 1.13 bits per heavy atom. The molecule has 30 heavy (non-hydrogen) atoms. The number of carbonyl (C=O) groups excluding carboxylic acids is 3. The molecule has 8 nitrogen and oxygen atoms in total. The number of urea groups is 1. The van der Waals surface area contributed by atoms with Crippen LogP contribution < -0.4 is 20.1 Å². The van der Waals surface area contributed by atoms with Crippen LogP contribution in [0.5, 0.6) is 11.5 Å². The Morgan fingerprint density at radius 3 is 2.53 bits per heavy atom. The lowest BCUT2D eigenvalue weighted by molar-refractivity contribution is -0.134. The van der Waals surface area contributed by atoms with Gasteiger partial charge in [-0.3, -0.25) is 14.5 Å². The molecule has 0 saturated carbocycles. The number of fused-ring (bicyclic) bond motifs is 1. The van der Waals surface area contributed by atoms with Gasteiger partial charge in [-0.25, -0.2) is 9.18 Å². The molecule has 0 aromatic heterocycles. The molecule has 2 aromatic rings. The normalized spacial score (nSPS) is 20.1. The summed E-state index contributed by atoms with van der Waals surface area (Å²) in [6.07, 6.45) is 0.253. The molecular weight excluding hydrogens is 393 g/mol. The molecule has 2 aliphatic heterocycles. The Labute approximate surface area is 171 Å².